The Balaban J connectivity index is 1.34. The molecule has 5 rings (SSSR count). The average Bonchev–Trinajstić information content (AvgIpc) is 3.27. The van der Waals surface area contributed by atoms with Gasteiger partial charge in [-0.25, -0.2) is 4.98 Å². The van der Waals surface area contributed by atoms with Crippen LogP contribution in [0.3, 0.4) is 0 Å². The Morgan fingerprint density at radius 3 is 2.70 bits per heavy atom. The van der Waals surface area contributed by atoms with Crippen molar-refractivity contribution in [3.63, 3.8) is 0 Å². The highest BCUT2D eigenvalue weighted by Crippen LogP contribution is 2.34. The highest BCUT2D eigenvalue weighted by atomic mass is 35.5. The second kappa shape index (κ2) is 10.7. The summed E-state index contributed by atoms with van der Waals surface area (Å²) in [5.74, 6) is 1.67. The van der Waals surface area contributed by atoms with E-state index >= 15 is 0 Å². The van der Waals surface area contributed by atoms with Gasteiger partial charge in [-0.15, -0.1) is 0 Å². The molecular formula is C28H34ClN5O3. The van der Waals surface area contributed by atoms with Gasteiger partial charge < -0.3 is 24.2 Å². The van der Waals surface area contributed by atoms with Crippen molar-refractivity contribution in [2.75, 3.05) is 56.3 Å². The summed E-state index contributed by atoms with van der Waals surface area (Å²) in [4.78, 5) is 28.9. The van der Waals surface area contributed by atoms with E-state index < -0.39 is 0 Å². The molecule has 1 amide bonds. The molecular weight excluding hydrogens is 490 g/mol. The van der Waals surface area contributed by atoms with Crippen molar-refractivity contribution in [3.8, 4) is 5.75 Å². The molecule has 37 heavy (non-hydrogen) atoms. The van der Waals surface area contributed by atoms with Crippen LogP contribution in [0.25, 0.3) is 6.08 Å². The molecule has 3 aliphatic heterocycles. The van der Waals surface area contributed by atoms with Crippen LogP contribution in [0, 0.1) is 0 Å². The highest BCUT2D eigenvalue weighted by Gasteiger charge is 2.28. The van der Waals surface area contributed by atoms with Crippen LogP contribution >= 0.6 is 11.6 Å². The molecule has 3 aliphatic rings. The first-order valence-electron chi connectivity index (χ1n) is 12.8. The minimum atomic E-state index is -0.120. The monoisotopic (exact) mass is 523 g/mol. The summed E-state index contributed by atoms with van der Waals surface area (Å²) in [7, 11) is 1.67. The summed E-state index contributed by atoms with van der Waals surface area (Å²) in [5.41, 5.74) is 3.61. The van der Waals surface area contributed by atoms with Gasteiger partial charge in [0.15, 0.2) is 0 Å². The maximum atomic E-state index is 13.5. The summed E-state index contributed by atoms with van der Waals surface area (Å²) < 4.78 is 11.2. The number of hydrogen-bond donors (Lipinski definition) is 0. The first-order valence-corrected chi connectivity index (χ1v) is 13.2. The number of rotatable bonds is 6. The average molecular weight is 524 g/mol. The number of halogens is 1. The molecule has 0 bridgehead atoms. The van der Waals surface area contributed by atoms with Gasteiger partial charge in [0.1, 0.15) is 16.7 Å². The second-order valence-electron chi connectivity index (χ2n) is 10.3. The van der Waals surface area contributed by atoms with Crippen LogP contribution in [0.2, 0.25) is 5.15 Å². The summed E-state index contributed by atoms with van der Waals surface area (Å²) in [5, 5.41) is 0.456. The zero-order chi connectivity index (χ0) is 26.0. The summed E-state index contributed by atoms with van der Waals surface area (Å²) in [6.45, 7) is 9.08. The van der Waals surface area contributed by atoms with Gasteiger partial charge in [-0.2, -0.15) is 0 Å². The molecule has 1 aromatic carbocycles. The van der Waals surface area contributed by atoms with Crippen molar-refractivity contribution >= 4 is 41.4 Å². The molecule has 0 saturated carbocycles. The van der Waals surface area contributed by atoms with E-state index in [4.69, 9.17) is 21.1 Å². The molecule has 0 atom stereocenters. The third kappa shape index (κ3) is 5.75. The first kappa shape index (κ1) is 25.5. The number of nitrogens with zero attached hydrogens (tertiary/aromatic N) is 5. The third-order valence-corrected chi connectivity index (χ3v) is 7.20. The molecule has 2 aromatic rings. The lowest BCUT2D eigenvalue weighted by Gasteiger charge is -2.32. The van der Waals surface area contributed by atoms with Crippen LogP contribution in [-0.4, -0.2) is 74.2 Å². The largest absolute Gasteiger partial charge is 0.495 e. The van der Waals surface area contributed by atoms with Gasteiger partial charge in [0.25, 0.3) is 0 Å². The van der Waals surface area contributed by atoms with Crippen LogP contribution in [0.5, 0.6) is 5.75 Å². The number of pyridine rings is 1. The number of carbonyl (C=O) groups excluding carboxylic acids is 1. The fourth-order valence-corrected chi connectivity index (χ4v) is 5.23. The molecule has 0 radical (unpaired) electrons. The van der Waals surface area contributed by atoms with E-state index in [1.54, 1.807) is 13.2 Å². The fraction of sp³-hybridized carbons (Fsp3) is 0.464. The van der Waals surface area contributed by atoms with Crippen LogP contribution in [-0.2, 0) is 16.1 Å². The van der Waals surface area contributed by atoms with Crippen LogP contribution in [0.15, 0.2) is 40.9 Å². The van der Waals surface area contributed by atoms with Gasteiger partial charge in [-0.3, -0.25) is 9.79 Å². The maximum Gasteiger partial charge on any atom is 0.250 e. The van der Waals surface area contributed by atoms with E-state index in [1.807, 2.05) is 41.6 Å². The summed E-state index contributed by atoms with van der Waals surface area (Å²) in [6, 6.07) is 9.85. The van der Waals surface area contributed by atoms with E-state index in [1.165, 1.54) is 0 Å². The second-order valence-corrected chi connectivity index (χ2v) is 10.7. The van der Waals surface area contributed by atoms with Crippen LogP contribution in [0.1, 0.15) is 37.8 Å². The number of carbonyl (C=O) groups is 1. The molecule has 196 valence electrons. The van der Waals surface area contributed by atoms with Gasteiger partial charge >= 0.3 is 0 Å². The molecule has 2 saturated heterocycles. The molecule has 4 heterocycles. The number of anilines is 2. The molecule has 0 spiro atoms. The van der Waals surface area contributed by atoms with Gasteiger partial charge in [0.05, 0.1) is 37.9 Å². The quantitative estimate of drug-likeness (QED) is 0.412. The summed E-state index contributed by atoms with van der Waals surface area (Å²) >= 11 is 6.23. The summed E-state index contributed by atoms with van der Waals surface area (Å²) in [6.07, 6.45) is 5.53. The van der Waals surface area contributed by atoms with Crippen molar-refractivity contribution < 1.29 is 14.3 Å². The van der Waals surface area contributed by atoms with E-state index in [-0.39, 0.29) is 11.4 Å². The van der Waals surface area contributed by atoms with Crippen LogP contribution < -0.4 is 14.5 Å². The lowest BCUT2D eigenvalue weighted by atomic mass is 9.99. The smallest absolute Gasteiger partial charge is 0.250 e. The number of aromatic nitrogens is 1. The van der Waals surface area contributed by atoms with Crippen molar-refractivity contribution in [1.82, 2.24) is 9.88 Å². The number of aliphatic imine (C=N–C) groups is 1. The molecule has 1 aromatic heterocycles. The van der Waals surface area contributed by atoms with Crippen molar-refractivity contribution in [3.05, 3.63) is 52.2 Å². The molecule has 8 nitrogen and oxygen atoms in total. The normalized spacial score (nSPS) is 20.7. The predicted molar refractivity (Wildman–Crippen MR) is 148 cm³/mol. The number of amides is 1. The van der Waals surface area contributed by atoms with Crippen molar-refractivity contribution in [1.29, 1.82) is 0 Å². The van der Waals surface area contributed by atoms with Crippen LogP contribution in [0.4, 0.5) is 11.5 Å². The predicted octanol–water partition coefficient (Wildman–Crippen LogP) is 4.41. The zero-order valence-electron chi connectivity index (χ0n) is 21.7. The molecule has 2 fully saturated rings. The lowest BCUT2D eigenvalue weighted by Crippen LogP contribution is -2.39. The lowest BCUT2D eigenvalue weighted by molar-refractivity contribution is -0.129. The van der Waals surface area contributed by atoms with Gasteiger partial charge in [0, 0.05) is 43.9 Å². The number of benzene rings is 1. The molecule has 0 aliphatic carbocycles. The van der Waals surface area contributed by atoms with E-state index in [0.29, 0.717) is 31.5 Å². The minimum Gasteiger partial charge on any atom is -0.495 e. The van der Waals surface area contributed by atoms with Crippen molar-refractivity contribution in [2.45, 2.75) is 38.8 Å². The zero-order valence-corrected chi connectivity index (χ0v) is 22.5. The van der Waals surface area contributed by atoms with Crippen molar-refractivity contribution in [2.24, 2.45) is 4.99 Å². The first-order chi connectivity index (χ1) is 17.8. The number of ether oxygens (including phenoxy) is 2. The Morgan fingerprint density at radius 2 is 1.97 bits per heavy atom. The number of piperidine rings is 1. The Bertz CT molecular complexity index is 1220. The third-order valence-electron chi connectivity index (χ3n) is 6.99. The Labute approximate surface area is 223 Å². The Morgan fingerprint density at radius 1 is 1.16 bits per heavy atom. The van der Waals surface area contributed by atoms with Gasteiger partial charge in [-0.05, 0) is 56.5 Å². The molecule has 0 unspecified atom stereocenters. The number of morpholine rings is 1. The van der Waals surface area contributed by atoms with E-state index in [0.717, 1.165) is 66.4 Å². The fourth-order valence-electron chi connectivity index (χ4n) is 5.08. The SMILES string of the molecule is COc1cc(/C=C2\CCCN(Cc3ccc(Cl)nc3N3CCOCC3)C2=O)ccc1N1C=NC(C)(C)C1. The van der Waals surface area contributed by atoms with Gasteiger partial charge in [-0.1, -0.05) is 23.7 Å². The topological polar surface area (TPSA) is 70.5 Å². The minimum absolute atomic E-state index is 0.0607. The van der Waals surface area contributed by atoms with E-state index in [2.05, 4.69) is 33.6 Å². The van der Waals surface area contributed by atoms with E-state index in [9.17, 15) is 4.79 Å². The Kier molecular flexibility index (Phi) is 7.40. The Hall–Kier alpha value is -3.10. The number of hydrogen-bond acceptors (Lipinski definition) is 7. The standard InChI is InChI=1S/C28H34ClN5O3/c1-28(2)18-34(19-30-28)23-8-6-20(16-24(23)36-3)15-21-5-4-10-33(27(21)35)17-22-7-9-25(29)31-26(22)32-11-13-37-14-12-32/h6-9,15-16,19H,4-5,10-14,17-18H2,1-3H3/b21-15+. The maximum absolute atomic E-state index is 13.5. The molecule has 9 heteroatoms. The number of methoxy groups -OCH3 is 1. The molecule has 0 N–H and O–H groups in total. The van der Waals surface area contributed by atoms with Gasteiger partial charge in [0.2, 0.25) is 5.91 Å². The number of likely N-dealkylation sites (tertiary alicyclic amines) is 1. The highest BCUT2D eigenvalue weighted by molar-refractivity contribution is 6.29.